The van der Waals surface area contributed by atoms with Crippen LogP contribution in [0.4, 0.5) is 0 Å². The van der Waals surface area contributed by atoms with E-state index in [1.165, 1.54) is 0 Å². The van der Waals surface area contributed by atoms with Gasteiger partial charge in [-0.25, -0.2) is 4.98 Å². The molecule has 0 aliphatic heterocycles. The van der Waals surface area contributed by atoms with Crippen LogP contribution in [-0.4, -0.2) is 16.5 Å². The zero-order valence-corrected chi connectivity index (χ0v) is 11.9. The lowest BCUT2D eigenvalue weighted by Crippen LogP contribution is -2.03. The van der Waals surface area contributed by atoms with Gasteiger partial charge in [0.25, 0.3) is 0 Å². The van der Waals surface area contributed by atoms with E-state index < -0.39 is 0 Å². The lowest BCUT2D eigenvalue weighted by Gasteiger charge is -2.07. The number of benzene rings is 1. The molecule has 0 radical (unpaired) electrons. The average Bonchev–Trinajstić information content (AvgIpc) is 3.01. The van der Waals surface area contributed by atoms with Gasteiger partial charge in [0, 0.05) is 17.8 Å². The molecule has 4 rings (SSSR count). The first-order valence-corrected chi connectivity index (χ1v) is 6.85. The molecule has 0 amide bonds. The van der Waals surface area contributed by atoms with Gasteiger partial charge < -0.3 is 13.6 Å². The van der Waals surface area contributed by atoms with E-state index in [0.717, 1.165) is 5.52 Å². The van der Waals surface area contributed by atoms with Crippen molar-refractivity contribution in [2.75, 3.05) is 7.11 Å². The Kier molecular flexibility index (Phi) is 2.72. The van der Waals surface area contributed by atoms with Gasteiger partial charge in [-0.1, -0.05) is 6.07 Å². The summed E-state index contributed by atoms with van der Waals surface area (Å²) in [6, 6.07) is 13.1. The minimum Gasteiger partial charge on any atom is -0.496 e. The smallest absolute Gasteiger partial charge is 0.155 e. The fourth-order valence-corrected chi connectivity index (χ4v) is 2.58. The van der Waals surface area contributed by atoms with Gasteiger partial charge in [-0.05, 0) is 30.3 Å². The van der Waals surface area contributed by atoms with Crippen LogP contribution in [0.2, 0.25) is 0 Å². The quantitative estimate of drug-likeness (QED) is 0.616. The number of hydrogen-bond donors (Lipinski definition) is 1. The molecule has 0 aliphatic carbocycles. The molecule has 5 nitrogen and oxygen atoms in total. The van der Waals surface area contributed by atoms with Gasteiger partial charge in [0.2, 0.25) is 0 Å². The molecule has 0 saturated heterocycles. The van der Waals surface area contributed by atoms with Crippen molar-refractivity contribution in [3.63, 3.8) is 0 Å². The molecule has 0 fully saturated rings. The van der Waals surface area contributed by atoms with Crippen molar-refractivity contribution in [2.45, 2.75) is 0 Å². The van der Waals surface area contributed by atoms with Gasteiger partial charge in [0.1, 0.15) is 17.0 Å². The maximum Gasteiger partial charge on any atom is 0.155 e. The Morgan fingerprint density at radius 1 is 1.18 bits per heavy atom. The third-order valence-electron chi connectivity index (χ3n) is 3.64. The molecule has 0 saturated carbocycles. The SMILES string of the molecule is COc1cccc2oc(-c3cc4cccn4cn3)cc(=N)c12. The number of hydrogen-bond acceptors (Lipinski definition) is 4. The molecule has 108 valence electrons. The van der Waals surface area contributed by atoms with E-state index in [4.69, 9.17) is 14.6 Å². The molecule has 4 aromatic rings. The van der Waals surface area contributed by atoms with Gasteiger partial charge >= 0.3 is 0 Å². The number of nitrogens with one attached hydrogen (secondary N) is 1. The fraction of sp³-hybridized carbons (Fsp3) is 0.0588. The Morgan fingerprint density at radius 3 is 2.95 bits per heavy atom. The van der Waals surface area contributed by atoms with Gasteiger partial charge in [0.15, 0.2) is 5.76 Å². The topological polar surface area (TPSA) is 63.5 Å². The highest BCUT2D eigenvalue weighted by Gasteiger charge is 2.10. The summed E-state index contributed by atoms with van der Waals surface area (Å²) in [6.07, 6.45) is 3.67. The Balaban J connectivity index is 1.97. The number of rotatable bonds is 2. The monoisotopic (exact) mass is 291 g/mol. The van der Waals surface area contributed by atoms with Crippen LogP contribution >= 0.6 is 0 Å². The molecule has 0 spiro atoms. The molecular formula is C17H13N3O2. The molecule has 1 N–H and O–H groups in total. The number of aromatic nitrogens is 2. The van der Waals surface area contributed by atoms with Crippen molar-refractivity contribution in [1.29, 1.82) is 5.41 Å². The molecular weight excluding hydrogens is 278 g/mol. The highest BCUT2D eigenvalue weighted by Crippen LogP contribution is 2.26. The summed E-state index contributed by atoms with van der Waals surface area (Å²) in [6.45, 7) is 0. The fourth-order valence-electron chi connectivity index (χ4n) is 2.58. The van der Waals surface area contributed by atoms with Crippen LogP contribution in [0.5, 0.6) is 5.75 Å². The van der Waals surface area contributed by atoms with E-state index in [-0.39, 0.29) is 0 Å². The first-order valence-electron chi connectivity index (χ1n) is 6.85. The third-order valence-corrected chi connectivity index (χ3v) is 3.64. The predicted octanol–water partition coefficient (Wildman–Crippen LogP) is 3.24. The summed E-state index contributed by atoms with van der Waals surface area (Å²) < 4.78 is 13.2. The molecule has 0 bridgehead atoms. The van der Waals surface area contributed by atoms with Crippen LogP contribution in [-0.2, 0) is 0 Å². The normalized spacial score (nSPS) is 11.1. The first kappa shape index (κ1) is 12.6. The van der Waals surface area contributed by atoms with Crippen molar-refractivity contribution in [3.05, 3.63) is 60.3 Å². The molecule has 1 aromatic carbocycles. The highest BCUT2D eigenvalue weighted by molar-refractivity contribution is 5.84. The summed E-state index contributed by atoms with van der Waals surface area (Å²) in [5, 5.41) is 9.27. The molecule has 5 heteroatoms. The molecule has 22 heavy (non-hydrogen) atoms. The predicted molar refractivity (Wildman–Crippen MR) is 82.8 cm³/mol. The van der Waals surface area contributed by atoms with E-state index >= 15 is 0 Å². The average molecular weight is 291 g/mol. The third kappa shape index (κ3) is 1.87. The van der Waals surface area contributed by atoms with Crippen LogP contribution in [0.3, 0.4) is 0 Å². The maximum absolute atomic E-state index is 8.26. The number of fused-ring (bicyclic) bond motifs is 2. The molecule has 0 atom stereocenters. The van der Waals surface area contributed by atoms with Crippen LogP contribution in [0.25, 0.3) is 27.9 Å². The largest absolute Gasteiger partial charge is 0.496 e. The van der Waals surface area contributed by atoms with Crippen LogP contribution < -0.4 is 10.1 Å². The molecule has 3 heterocycles. The summed E-state index contributed by atoms with van der Waals surface area (Å²) in [5.74, 6) is 1.20. The lowest BCUT2D eigenvalue weighted by atomic mass is 10.1. The van der Waals surface area contributed by atoms with E-state index in [1.807, 2.05) is 47.0 Å². The summed E-state index contributed by atoms with van der Waals surface area (Å²) in [5.41, 5.74) is 2.33. The van der Waals surface area contributed by atoms with Crippen LogP contribution in [0, 0.1) is 5.41 Å². The minimum atomic E-state index is 0.353. The second-order valence-corrected chi connectivity index (χ2v) is 4.97. The number of ether oxygens (including phenoxy) is 1. The Labute approximate surface area is 125 Å². The number of nitrogens with zero attached hydrogens (tertiary/aromatic N) is 2. The zero-order valence-electron chi connectivity index (χ0n) is 11.9. The van der Waals surface area contributed by atoms with Gasteiger partial charge in [-0.3, -0.25) is 5.41 Å². The van der Waals surface area contributed by atoms with E-state index in [9.17, 15) is 0 Å². The Hall–Kier alpha value is -3.08. The molecule has 3 aromatic heterocycles. The minimum absolute atomic E-state index is 0.353. The summed E-state index contributed by atoms with van der Waals surface area (Å²) >= 11 is 0. The standard InChI is InChI=1S/C17H13N3O2/c1-21-14-5-2-6-15-17(14)12(18)9-16(22-15)13-8-11-4-3-7-20(11)10-19-13/h2-10,18H,1H3. The van der Waals surface area contributed by atoms with E-state index in [1.54, 1.807) is 19.5 Å². The summed E-state index contributed by atoms with van der Waals surface area (Å²) in [7, 11) is 1.59. The highest BCUT2D eigenvalue weighted by atomic mass is 16.5. The first-order chi connectivity index (χ1) is 10.8. The second kappa shape index (κ2) is 4.73. The van der Waals surface area contributed by atoms with E-state index in [0.29, 0.717) is 33.5 Å². The Bertz CT molecular complexity index is 1050. The van der Waals surface area contributed by atoms with Crippen molar-refractivity contribution < 1.29 is 9.15 Å². The maximum atomic E-state index is 8.26. The second-order valence-electron chi connectivity index (χ2n) is 4.97. The zero-order chi connectivity index (χ0) is 15.1. The van der Waals surface area contributed by atoms with Crippen LogP contribution in [0.1, 0.15) is 0 Å². The van der Waals surface area contributed by atoms with Crippen molar-refractivity contribution in [2.24, 2.45) is 0 Å². The van der Waals surface area contributed by atoms with Crippen molar-refractivity contribution in [1.82, 2.24) is 9.38 Å². The van der Waals surface area contributed by atoms with Gasteiger partial charge in [-0.15, -0.1) is 0 Å². The molecule has 0 unspecified atom stereocenters. The van der Waals surface area contributed by atoms with Gasteiger partial charge in [-0.2, -0.15) is 0 Å². The van der Waals surface area contributed by atoms with Gasteiger partial charge in [0.05, 0.1) is 24.2 Å². The van der Waals surface area contributed by atoms with Crippen LogP contribution in [0.15, 0.2) is 59.4 Å². The number of methoxy groups -OCH3 is 1. The summed E-state index contributed by atoms with van der Waals surface area (Å²) in [4.78, 5) is 4.39. The van der Waals surface area contributed by atoms with E-state index in [2.05, 4.69) is 4.98 Å². The molecule has 0 aliphatic rings. The van der Waals surface area contributed by atoms with Crippen molar-refractivity contribution in [3.8, 4) is 17.2 Å². The lowest BCUT2D eigenvalue weighted by molar-refractivity contribution is 0.418. The Morgan fingerprint density at radius 2 is 2.09 bits per heavy atom. The van der Waals surface area contributed by atoms with Crippen molar-refractivity contribution >= 4 is 16.5 Å².